The smallest absolute Gasteiger partial charge is 0.325 e. The van der Waals surface area contributed by atoms with E-state index in [-0.39, 0.29) is 18.4 Å². The lowest BCUT2D eigenvalue weighted by Gasteiger charge is -2.40. The molecule has 0 radical (unpaired) electrons. The maximum Gasteiger partial charge on any atom is 0.325 e. The van der Waals surface area contributed by atoms with Crippen LogP contribution in [0.15, 0.2) is 12.4 Å². The lowest BCUT2D eigenvalue weighted by atomic mass is 9.99. The Hall–Kier alpha value is -1.89. The number of nitrogens with zero attached hydrogens (tertiary/aromatic N) is 4. The second-order valence-corrected chi connectivity index (χ2v) is 7.48. The monoisotopic (exact) mass is 376 g/mol. The molecule has 150 valence electrons. The quantitative estimate of drug-likeness (QED) is 0.680. The fourth-order valence-electron chi connectivity index (χ4n) is 4.20. The number of aryl methyl sites for hydroxylation is 1. The second-order valence-electron chi connectivity index (χ2n) is 7.48. The van der Waals surface area contributed by atoms with Crippen molar-refractivity contribution in [2.75, 3.05) is 32.8 Å². The Labute approximate surface area is 161 Å². The molecule has 0 atom stereocenters. The van der Waals surface area contributed by atoms with Crippen molar-refractivity contribution in [3.05, 3.63) is 18.2 Å². The van der Waals surface area contributed by atoms with E-state index in [2.05, 4.69) is 9.88 Å². The van der Waals surface area contributed by atoms with Gasteiger partial charge in [0, 0.05) is 44.4 Å². The summed E-state index contributed by atoms with van der Waals surface area (Å²) in [6.07, 6.45) is 10.6. The van der Waals surface area contributed by atoms with Crippen LogP contribution in [0.1, 0.15) is 51.3 Å². The summed E-state index contributed by atoms with van der Waals surface area (Å²) in [6.45, 7) is 6.48. The van der Waals surface area contributed by atoms with E-state index < -0.39 is 0 Å². The number of aromatic nitrogens is 2. The number of imidazole rings is 1. The van der Waals surface area contributed by atoms with Gasteiger partial charge in [0.1, 0.15) is 12.4 Å². The number of piperidine rings is 2. The average molecular weight is 377 g/mol. The molecule has 2 aliphatic rings. The highest BCUT2D eigenvalue weighted by Gasteiger charge is 2.27. The summed E-state index contributed by atoms with van der Waals surface area (Å²) in [6, 6.07) is 0.651. The molecular weight excluding hydrogens is 344 g/mol. The summed E-state index contributed by atoms with van der Waals surface area (Å²) < 4.78 is 6.76. The summed E-state index contributed by atoms with van der Waals surface area (Å²) in [7, 11) is 0. The molecule has 1 aromatic heterocycles. The molecule has 0 N–H and O–H groups in total. The molecule has 0 spiro atoms. The molecule has 0 saturated carbocycles. The van der Waals surface area contributed by atoms with E-state index in [4.69, 9.17) is 4.74 Å². The molecule has 2 fully saturated rings. The molecule has 2 aliphatic heterocycles. The molecule has 0 aliphatic carbocycles. The van der Waals surface area contributed by atoms with Gasteiger partial charge in [-0.25, -0.2) is 4.98 Å². The van der Waals surface area contributed by atoms with Crippen molar-refractivity contribution in [2.45, 2.75) is 64.5 Å². The fraction of sp³-hybridized carbons (Fsp3) is 0.750. The summed E-state index contributed by atoms with van der Waals surface area (Å²) in [5.41, 5.74) is 0. The zero-order valence-electron chi connectivity index (χ0n) is 16.4. The first-order chi connectivity index (χ1) is 13.2. The minimum Gasteiger partial charge on any atom is -0.465 e. The van der Waals surface area contributed by atoms with Crippen LogP contribution in [0.4, 0.5) is 0 Å². The number of ether oxygens (including phenoxy) is 1. The summed E-state index contributed by atoms with van der Waals surface area (Å²) >= 11 is 0. The molecule has 1 aromatic rings. The van der Waals surface area contributed by atoms with Crippen molar-refractivity contribution in [3.8, 4) is 0 Å². The largest absolute Gasteiger partial charge is 0.465 e. The molecule has 0 aromatic carbocycles. The summed E-state index contributed by atoms with van der Waals surface area (Å²) in [4.78, 5) is 33.2. The second kappa shape index (κ2) is 9.88. The van der Waals surface area contributed by atoms with E-state index in [1.165, 1.54) is 32.4 Å². The molecule has 7 nitrogen and oxygen atoms in total. The molecule has 7 heteroatoms. The van der Waals surface area contributed by atoms with Crippen LogP contribution in [0, 0.1) is 0 Å². The Morgan fingerprint density at radius 1 is 1.15 bits per heavy atom. The van der Waals surface area contributed by atoms with E-state index >= 15 is 0 Å². The van der Waals surface area contributed by atoms with E-state index in [1.54, 1.807) is 23.9 Å². The van der Waals surface area contributed by atoms with E-state index in [1.807, 2.05) is 4.90 Å². The van der Waals surface area contributed by atoms with Crippen LogP contribution < -0.4 is 0 Å². The van der Waals surface area contributed by atoms with Gasteiger partial charge in [-0.05, 0) is 45.7 Å². The number of likely N-dealkylation sites (tertiary alicyclic amines) is 2. The normalized spacial score (nSPS) is 19.2. The Balaban J connectivity index is 1.42. The van der Waals surface area contributed by atoms with Crippen LogP contribution in [-0.4, -0.2) is 70.1 Å². The highest BCUT2D eigenvalue weighted by Crippen LogP contribution is 2.21. The SMILES string of the molecule is CCOC(=O)Cn1ccnc1CCC(=O)N1CCC(N2CCCCC2)CC1. The number of esters is 1. The third-order valence-corrected chi connectivity index (χ3v) is 5.69. The van der Waals surface area contributed by atoms with Gasteiger partial charge in [-0.1, -0.05) is 6.42 Å². The minimum absolute atomic E-state index is 0.151. The van der Waals surface area contributed by atoms with E-state index in [0.717, 1.165) is 31.8 Å². The molecule has 2 saturated heterocycles. The Bertz CT molecular complexity index is 616. The summed E-state index contributed by atoms with van der Waals surface area (Å²) in [5, 5.41) is 0. The van der Waals surface area contributed by atoms with Crippen molar-refractivity contribution in [1.82, 2.24) is 19.4 Å². The molecule has 1 amide bonds. The number of rotatable bonds is 7. The van der Waals surface area contributed by atoms with Crippen LogP contribution in [-0.2, 0) is 27.3 Å². The average Bonchev–Trinajstić information content (AvgIpc) is 3.14. The third kappa shape index (κ3) is 5.54. The van der Waals surface area contributed by atoms with Crippen LogP contribution >= 0.6 is 0 Å². The van der Waals surface area contributed by atoms with E-state index in [0.29, 0.717) is 25.5 Å². The Morgan fingerprint density at radius 3 is 2.59 bits per heavy atom. The van der Waals surface area contributed by atoms with Crippen molar-refractivity contribution in [1.29, 1.82) is 0 Å². The summed E-state index contributed by atoms with van der Waals surface area (Å²) in [5.74, 6) is 0.681. The van der Waals surface area contributed by atoms with Gasteiger partial charge in [0.05, 0.1) is 6.61 Å². The molecule has 0 unspecified atom stereocenters. The van der Waals surface area contributed by atoms with Crippen molar-refractivity contribution in [3.63, 3.8) is 0 Å². The van der Waals surface area contributed by atoms with Crippen LogP contribution in [0.3, 0.4) is 0 Å². The van der Waals surface area contributed by atoms with Gasteiger partial charge < -0.3 is 19.1 Å². The fourth-order valence-corrected chi connectivity index (χ4v) is 4.20. The topological polar surface area (TPSA) is 67.7 Å². The first-order valence-corrected chi connectivity index (χ1v) is 10.3. The first-order valence-electron chi connectivity index (χ1n) is 10.3. The van der Waals surface area contributed by atoms with Gasteiger partial charge in [-0.15, -0.1) is 0 Å². The zero-order valence-corrected chi connectivity index (χ0v) is 16.4. The number of hydrogen-bond acceptors (Lipinski definition) is 5. The highest BCUT2D eigenvalue weighted by molar-refractivity contribution is 5.76. The lowest BCUT2D eigenvalue weighted by Crippen LogP contribution is -2.48. The predicted octanol–water partition coefficient (Wildman–Crippen LogP) is 1.86. The molecule has 3 heterocycles. The molecule has 3 rings (SSSR count). The van der Waals surface area contributed by atoms with Crippen molar-refractivity contribution < 1.29 is 14.3 Å². The zero-order chi connectivity index (χ0) is 19.1. The molecular formula is C20H32N4O3. The van der Waals surface area contributed by atoms with Crippen molar-refractivity contribution >= 4 is 11.9 Å². The Morgan fingerprint density at radius 2 is 1.89 bits per heavy atom. The lowest BCUT2D eigenvalue weighted by molar-refractivity contribution is -0.143. The van der Waals surface area contributed by atoms with Gasteiger partial charge in [0.25, 0.3) is 0 Å². The number of carbonyl (C=O) groups excluding carboxylic acids is 2. The van der Waals surface area contributed by atoms with Crippen LogP contribution in [0.2, 0.25) is 0 Å². The van der Waals surface area contributed by atoms with Crippen LogP contribution in [0.5, 0.6) is 0 Å². The number of carbonyl (C=O) groups is 2. The minimum atomic E-state index is -0.275. The number of hydrogen-bond donors (Lipinski definition) is 0. The van der Waals surface area contributed by atoms with Crippen LogP contribution in [0.25, 0.3) is 0 Å². The van der Waals surface area contributed by atoms with Crippen molar-refractivity contribution in [2.24, 2.45) is 0 Å². The maximum absolute atomic E-state index is 12.6. The van der Waals surface area contributed by atoms with Gasteiger partial charge in [0.15, 0.2) is 0 Å². The first kappa shape index (κ1) is 19.9. The predicted molar refractivity (Wildman–Crippen MR) is 102 cm³/mol. The maximum atomic E-state index is 12.6. The standard InChI is InChI=1S/C20H32N4O3/c1-2-27-20(26)16-24-15-10-21-18(24)6-7-19(25)23-13-8-17(9-14-23)22-11-4-3-5-12-22/h10,15,17H,2-9,11-14,16H2,1H3. The van der Waals surface area contributed by atoms with Gasteiger partial charge in [-0.3, -0.25) is 9.59 Å². The van der Waals surface area contributed by atoms with Gasteiger partial charge in [0.2, 0.25) is 5.91 Å². The highest BCUT2D eigenvalue weighted by atomic mass is 16.5. The Kier molecular flexibility index (Phi) is 7.26. The van der Waals surface area contributed by atoms with Gasteiger partial charge in [-0.2, -0.15) is 0 Å². The molecule has 27 heavy (non-hydrogen) atoms. The van der Waals surface area contributed by atoms with Gasteiger partial charge >= 0.3 is 5.97 Å². The van der Waals surface area contributed by atoms with E-state index in [9.17, 15) is 9.59 Å². The third-order valence-electron chi connectivity index (χ3n) is 5.69. The number of amides is 1. The molecule has 0 bridgehead atoms.